The first-order valence-corrected chi connectivity index (χ1v) is 15.4. The molecule has 44 heavy (non-hydrogen) atoms. The van der Waals surface area contributed by atoms with Gasteiger partial charge in [-0.2, -0.15) is 0 Å². The van der Waals surface area contributed by atoms with Crippen LogP contribution < -0.4 is 0 Å². The molecule has 0 radical (unpaired) electrons. The summed E-state index contributed by atoms with van der Waals surface area (Å²) in [6.07, 6.45) is 9.43. The van der Waals surface area contributed by atoms with Crippen LogP contribution in [0.2, 0.25) is 0 Å². The summed E-state index contributed by atoms with van der Waals surface area (Å²) in [5, 5.41) is 32.5. The Bertz CT molecular complexity index is 1000. The van der Waals surface area contributed by atoms with Crippen LogP contribution in [0.25, 0.3) is 0 Å². The second kappa shape index (κ2) is 20.1. The molecular weight excluding hydrogens is 568 g/mol. The van der Waals surface area contributed by atoms with Crippen LogP contribution in [0.4, 0.5) is 0 Å². The Balaban J connectivity index is 2.39. The van der Waals surface area contributed by atoms with Crippen LogP contribution in [0.5, 0.6) is 0 Å². The smallest absolute Gasteiger partial charge is 0.309 e. The standard InChI is InChI=1S/C34H54O10/c1-8-9-14-23(3)18-26-16-13-11-10-12-15-22(2)17-24(4)28(39-5)20-25(35)19-27(21-29(36)42-26)43-34-31(38)32(40-6)30(37)33(41-7)44-34/h8-13,17-18,22,25-28,30-35,37-38H,14-16,19-21H2,1-7H3/b9-8+,12-10+,13-11+,23-18-,24-17+/t22-,25-,26+,27+,28-,30-,31+,32-,33-,34+/m0/s1. The van der Waals surface area contributed by atoms with Gasteiger partial charge in [-0.15, -0.1) is 0 Å². The number of ether oxygens (including phenoxy) is 6. The van der Waals surface area contributed by atoms with Crippen LogP contribution in [0.1, 0.15) is 66.2 Å². The van der Waals surface area contributed by atoms with Crippen LogP contribution in [-0.4, -0.2) is 97.9 Å². The van der Waals surface area contributed by atoms with E-state index >= 15 is 0 Å². The highest BCUT2D eigenvalue weighted by Gasteiger charge is 2.47. The highest BCUT2D eigenvalue weighted by molar-refractivity contribution is 5.70. The molecule has 0 unspecified atom stereocenters. The fourth-order valence-corrected chi connectivity index (χ4v) is 5.41. The van der Waals surface area contributed by atoms with E-state index in [-0.39, 0.29) is 31.3 Å². The minimum Gasteiger partial charge on any atom is -0.458 e. The second-order valence-corrected chi connectivity index (χ2v) is 11.6. The molecule has 0 amide bonds. The van der Waals surface area contributed by atoms with Gasteiger partial charge in [0.05, 0.1) is 24.7 Å². The maximum Gasteiger partial charge on any atom is 0.309 e. The molecule has 10 heteroatoms. The van der Waals surface area contributed by atoms with E-state index in [1.165, 1.54) is 14.2 Å². The summed E-state index contributed by atoms with van der Waals surface area (Å²) in [5.74, 6) is -0.268. The van der Waals surface area contributed by atoms with E-state index in [1.54, 1.807) is 7.11 Å². The zero-order valence-electron chi connectivity index (χ0n) is 27.3. The van der Waals surface area contributed by atoms with Crippen LogP contribution in [-0.2, 0) is 33.2 Å². The average Bonchev–Trinajstić information content (AvgIpc) is 2.97. The van der Waals surface area contributed by atoms with Gasteiger partial charge in [-0.3, -0.25) is 4.79 Å². The minimum atomic E-state index is -1.39. The van der Waals surface area contributed by atoms with Crippen LogP contribution in [0, 0.1) is 5.92 Å². The Hall–Kier alpha value is -2.15. The van der Waals surface area contributed by atoms with Crippen LogP contribution >= 0.6 is 0 Å². The predicted molar refractivity (Wildman–Crippen MR) is 168 cm³/mol. The van der Waals surface area contributed by atoms with E-state index in [9.17, 15) is 20.1 Å². The third-order valence-electron chi connectivity index (χ3n) is 7.77. The number of esters is 1. The van der Waals surface area contributed by atoms with Gasteiger partial charge in [0.25, 0.3) is 0 Å². The summed E-state index contributed by atoms with van der Waals surface area (Å²) in [7, 11) is 4.30. The Morgan fingerprint density at radius 2 is 1.68 bits per heavy atom. The first kappa shape index (κ1) is 38.0. The van der Waals surface area contributed by atoms with Crippen molar-refractivity contribution in [1.82, 2.24) is 0 Å². The molecule has 3 N–H and O–H groups in total. The maximum absolute atomic E-state index is 13.3. The van der Waals surface area contributed by atoms with Crippen LogP contribution in [0.3, 0.4) is 0 Å². The van der Waals surface area contributed by atoms with Crippen LogP contribution in [0.15, 0.2) is 59.8 Å². The molecule has 2 heterocycles. The molecule has 0 aromatic carbocycles. The summed E-state index contributed by atoms with van der Waals surface area (Å²) >= 11 is 0. The van der Waals surface area contributed by atoms with Gasteiger partial charge in [0.1, 0.15) is 24.4 Å². The summed E-state index contributed by atoms with van der Waals surface area (Å²) in [6.45, 7) is 8.05. The lowest BCUT2D eigenvalue weighted by molar-refractivity contribution is -0.356. The number of allylic oxidation sites excluding steroid dienone is 7. The molecule has 0 saturated carbocycles. The lowest BCUT2D eigenvalue weighted by atomic mass is 9.96. The molecule has 0 aromatic heterocycles. The summed E-state index contributed by atoms with van der Waals surface area (Å²) in [5.41, 5.74) is 2.06. The number of carbonyl (C=O) groups excluding carboxylic acids is 1. The van der Waals surface area contributed by atoms with E-state index in [4.69, 9.17) is 28.4 Å². The van der Waals surface area contributed by atoms with E-state index in [1.807, 2.05) is 57.2 Å². The molecule has 2 rings (SSSR count). The van der Waals surface area contributed by atoms with E-state index in [0.29, 0.717) is 6.42 Å². The van der Waals surface area contributed by atoms with E-state index in [0.717, 1.165) is 24.0 Å². The molecule has 0 spiro atoms. The molecule has 0 aliphatic carbocycles. The monoisotopic (exact) mass is 622 g/mol. The zero-order valence-corrected chi connectivity index (χ0v) is 27.3. The molecule has 0 bridgehead atoms. The van der Waals surface area contributed by atoms with E-state index < -0.39 is 55.2 Å². The topological polar surface area (TPSA) is 133 Å². The first-order chi connectivity index (χ1) is 21.0. The second-order valence-electron chi connectivity index (χ2n) is 11.6. The predicted octanol–water partition coefficient (Wildman–Crippen LogP) is 4.30. The number of cyclic esters (lactones) is 1. The summed E-state index contributed by atoms with van der Waals surface area (Å²) in [6, 6.07) is 0. The molecule has 10 nitrogen and oxygen atoms in total. The minimum absolute atomic E-state index is 0.0334. The molecule has 1 fully saturated rings. The molecule has 10 atom stereocenters. The average molecular weight is 623 g/mol. The van der Waals surface area contributed by atoms with Crippen molar-refractivity contribution in [2.24, 2.45) is 5.92 Å². The van der Waals surface area contributed by atoms with Crippen molar-refractivity contribution in [3.63, 3.8) is 0 Å². The van der Waals surface area contributed by atoms with Gasteiger partial charge in [-0.1, -0.05) is 55.0 Å². The molecule has 1 saturated heterocycles. The third-order valence-corrected chi connectivity index (χ3v) is 7.77. The number of hydrogen-bond acceptors (Lipinski definition) is 10. The van der Waals surface area contributed by atoms with Crippen molar-refractivity contribution < 1.29 is 48.5 Å². The summed E-state index contributed by atoms with van der Waals surface area (Å²) < 4.78 is 33.9. The van der Waals surface area contributed by atoms with Crippen molar-refractivity contribution >= 4 is 5.97 Å². The van der Waals surface area contributed by atoms with Crippen molar-refractivity contribution in [2.75, 3.05) is 21.3 Å². The maximum atomic E-state index is 13.3. The Morgan fingerprint density at radius 1 is 1.00 bits per heavy atom. The van der Waals surface area contributed by atoms with Gasteiger partial charge < -0.3 is 43.7 Å². The quantitative estimate of drug-likeness (QED) is 0.266. The van der Waals surface area contributed by atoms with Gasteiger partial charge >= 0.3 is 5.97 Å². The zero-order chi connectivity index (χ0) is 32.6. The van der Waals surface area contributed by atoms with Crippen molar-refractivity contribution in [3.05, 3.63) is 59.8 Å². The molecular formula is C34H54O10. The Labute approximate surface area is 263 Å². The lowest BCUT2D eigenvalue weighted by Crippen LogP contribution is -2.60. The van der Waals surface area contributed by atoms with Gasteiger partial charge in [0, 0.05) is 40.6 Å². The number of aliphatic hydroxyl groups is 3. The number of methoxy groups -OCH3 is 3. The normalized spacial score (nSPS) is 38.3. The Kier molecular flexibility index (Phi) is 17.4. The van der Waals surface area contributed by atoms with Crippen molar-refractivity contribution in [3.8, 4) is 0 Å². The largest absolute Gasteiger partial charge is 0.458 e. The van der Waals surface area contributed by atoms with Crippen molar-refractivity contribution in [1.29, 1.82) is 0 Å². The van der Waals surface area contributed by atoms with Gasteiger partial charge in [-0.25, -0.2) is 0 Å². The fourth-order valence-electron chi connectivity index (χ4n) is 5.41. The SMILES string of the molecule is C/C=C/C/C(C)=C\[C@H]1C/C=C/C=C/C[C@H](C)/C=C(\C)[C@@H](OC)C[C@@H](O)C[C@@H](O[C@@H]2O[C@H](OC)[C@@H](O)[C@H](OC)[C@H]2O)CC(=O)O1. The lowest BCUT2D eigenvalue weighted by Gasteiger charge is -2.42. The van der Waals surface area contributed by atoms with Gasteiger partial charge in [0.15, 0.2) is 12.6 Å². The molecule has 0 aromatic rings. The fraction of sp³-hybridized carbons (Fsp3) is 0.676. The summed E-state index contributed by atoms with van der Waals surface area (Å²) in [4.78, 5) is 13.3. The number of carbonyl (C=O) groups is 1. The molecule has 2 aliphatic rings. The Morgan fingerprint density at radius 3 is 2.32 bits per heavy atom. The highest BCUT2D eigenvalue weighted by Crippen LogP contribution is 2.28. The first-order valence-electron chi connectivity index (χ1n) is 15.4. The van der Waals surface area contributed by atoms with Gasteiger partial charge in [0.2, 0.25) is 0 Å². The van der Waals surface area contributed by atoms with Gasteiger partial charge in [-0.05, 0) is 51.2 Å². The van der Waals surface area contributed by atoms with E-state index in [2.05, 4.69) is 19.1 Å². The molecule has 2 aliphatic heterocycles. The number of aliphatic hydroxyl groups excluding tert-OH is 3. The van der Waals surface area contributed by atoms with Crippen molar-refractivity contribution in [2.45, 2.75) is 122 Å². The third kappa shape index (κ3) is 12.7. The molecule has 250 valence electrons. The number of rotatable bonds is 8. The number of hydrogen-bond donors (Lipinski definition) is 3. The highest BCUT2D eigenvalue weighted by atomic mass is 16.8.